The second-order valence-electron chi connectivity index (χ2n) is 3.13. The maximum Gasteiger partial charge on any atom is 0.0880 e. The molecule has 74 valence electrons. The topological polar surface area (TPSA) is 50.7 Å². The van der Waals surface area contributed by atoms with Crippen molar-refractivity contribution in [1.82, 2.24) is 0 Å². The predicted molar refractivity (Wildman–Crippen MR) is 60.6 cm³/mol. The zero-order valence-corrected chi connectivity index (χ0v) is 8.17. The largest absolute Gasteiger partial charge is 0.305 e. The summed E-state index contributed by atoms with van der Waals surface area (Å²) in [7, 11) is 0. The first-order valence-electron chi connectivity index (χ1n) is 4.66. The molecule has 0 bridgehead atoms. The standard InChI is InChI=1S/C12H11N3/c13-15-14-12-8-4-7-11(9-12)10-5-2-1-3-6-10/h1-9H,(H2,13,14). The molecule has 0 spiro atoms. The second-order valence-corrected chi connectivity index (χ2v) is 3.13. The Morgan fingerprint density at radius 1 is 0.800 bits per heavy atom. The fourth-order valence-corrected chi connectivity index (χ4v) is 1.44. The van der Waals surface area contributed by atoms with Crippen LogP contribution in [0.3, 0.4) is 0 Å². The fraction of sp³-hybridized carbons (Fsp3) is 0. The van der Waals surface area contributed by atoms with Gasteiger partial charge in [-0.25, -0.2) is 0 Å². The Morgan fingerprint density at radius 2 is 1.53 bits per heavy atom. The number of nitrogens with zero attached hydrogens (tertiary/aromatic N) is 2. The van der Waals surface area contributed by atoms with Gasteiger partial charge in [0.05, 0.1) is 5.69 Å². The van der Waals surface area contributed by atoms with Crippen LogP contribution in [0.5, 0.6) is 0 Å². The van der Waals surface area contributed by atoms with Crippen LogP contribution >= 0.6 is 0 Å². The molecule has 0 fully saturated rings. The quantitative estimate of drug-likeness (QED) is 0.448. The Morgan fingerprint density at radius 3 is 2.27 bits per heavy atom. The monoisotopic (exact) mass is 197 g/mol. The van der Waals surface area contributed by atoms with Crippen molar-refractivity contribution < 1.29 is 0 Å². The first kappa shape index (κ1) is 9.40. The van der Waals surface area contributed by atoms with Gasteiger partial charge in [0.25, 0.3) is 0 Å². The maximum absolute atomic E-state index is 5.01. The minimum atomic E-state index is 0.763. The molecule has 2 rings (SSSR count). The van der Waals surface area contributed by atoms with E-state index in [1.54, 1.807) is 0 Å². The summed E-state index contributed by atoms with van der Waals surface area (Å²) < 4.78 is 0. The lowest BCUT2D eigenvalue weighted by atomic mass is 10.1. The average Bonchev–Trinajstić information content (AvgIpc) is 2.31. The number of hydrogen-bond acceptors (Lipinski definition) is 2. The van der Waals surface area contributed by atoms with E-state index in [2.05, 4.69) is 22.5 Å². The van der Waals surface area contributed by atoms with E-state index in [0.29, 0.717) is 0 Å². The van der Waals surface area contributed by atoms with Gasteiger partial charge in [0.1, 0.15) is 0 Å². The van der Waals surface area contributed by atoms with Crippen molar-refractivity contribution >= 4 is 5.69 Å². The molecule has 0 heterocycles. The van der Waals surface area contributed by atoms with E-state index in [1.165, 1.54) is 0 Å². The Labute approximate surface area is 88.2 Å². The number of benzene rings is 2. The highest BCUT2D eigenvalue weighted by molar-refractivity contribution is 5.66. The summed E-state index contributed by atoms with van der Waals surface area (Å²) in [5.41, 5.74) is 3.03. The zero-order valence-electron chi connectivity index (χ0n) is 8.17. The first-order chi connectivity index (χ1) is 7.40. The fourth-order valence-electron chi connectivity index (χ4n) is 1.44. The third kappa shape index (κ3) is 2.20. The van der Waals surface area contributed by atoms with Gasteiger partial charge in [-0.05, 0) is 23.3 Å². The van der Waals surface area contributed by atoms with Crippen molar-refractivity contribution in [2.75, 3.05) is 0 Å². The van der Waals surface area contributed by atoms with E-state index in [0.717, 1.165) is 16.8 Å². The van der Waals surface area contributed by atoms with Gasteiger partial charge in [-0.3, -0.25) is 0 Å². The molecule has 0 aliphatic rings. The van der Waals surface area contributed by atoms with Crippen LogP contribution in [0.15, 0.2) is 64.9 Å². The van der Waals surface area contributed by atoms with Crippen molar-refractivity contribution in [2.45, 2.75) is 0 Å². The van der Waals surface area contributed by atoms with E-state index < -0.39 is 0 Å². The van der Waals surface area contributed by atoms with Crippen LogP contribution in [0.25, 0.3) is 11.1 Å². The zero-order chi connectivity index (χ0) is 10.5. The van der Waals surface area contributed by atoms with Crippen LogP contribution in [-0.4, -0.2) is 0 Å². The molecule has 0 amide bonds. The van der Waals surface area contributed by atoms with Crippen molar-refractivity contribution in [3.63, 3.8) is 0 Å². The number of hydrogen-bond donors (Lipinski definition) is 1. The lowest BCUT2D eigenvalue weighted by Crippen LogP contribution is -1.77. The summed E-state index contributed by atoms with van der Waals surface area (Å²) in [6.45, 7) is 0. The SMILES string of the molecule is NN=Nc1cccc(-c2ccccc2)c1. The predicted octanol–water partition coefficient (Wildman–Crippen LogP) is 3.31. The summed E-state index contributed by atoms with van der Waals surface area (Å²) >= 11 is 0. The van der Waals surface area contributed by atoms with E-state index >= 15 is 0 Å². The molecule has 15 heavy (non-hydrogen) atoms. The Kier molecular flexibility index (Phi) is 2.74. The van der Waals surface area contributed by atoms with Gasteiger partial charge in [-0.2, -0.15) is 0 Å². The Hall–Kier alpha value is -2.16. The minimum Gasteiger partial charge on any atom is -0.305 e. The van der Waals surface area contributed by atoms with Crippen LogP contribution in [-0.2, 0) is 0 Å². The molecule has 0 aliphatic carbocycles. The van der Waals surface area contributed by atoms with Crippen LogP contribution in [0.4, 0.5) is 5.69 Å². The van der Waals surface area contributed by atoms with Gasteiger partial charge in [0.15, 0.2) is 0 Å². The summed E-state index contributed by atoms with van der Waals surface area (Å²) in [6, 6.07) is 17.9. The lowest BCUT2D eigenvalue weighted by Gasteiger charge is -2.01. The highest BCUT2D eigenvalue weighted by Crippen LogP contribution is 2.23. The van der Waals surface area contributed by atoms with Gasteiger partial charge < -0.3 is 5.84 Å². The molecule has 3 heteroatoms. The Bertz CT molecular complexity index is 463. The molecule has 0 aliphatic heterocycles. The van der Waals surface area contributed by atoms with Crippen LogP contribution in [0.2, 0.25) is 0 Å². The van der Waals surface area contributed by atoms with Crippen molar-refractivity contribution in [3.05, 3.63) is 54.6 Å². The number of nitrogens with two attached hydrogens (primary N) is 1. The van der Waals surface area contributed by atoms with Crippen molar-refractivity contribution in [1.29, 1.82) is 0 Å². The molecule has 2 aromatic rings. The number of rotatable bonds is 2. The molecule has 0 aromatic heterocycles. The molecule has 0 radical (unpaired) electrons. The first-order valence-corrected chi connectivity index (χ1v) is 4.66. The molecule has 0 saturated heterocycles. The molecule has 0 unspecified atom stereocenters. The molecule has 0 atom stereocenters. The van der Waals surface area contributed by atoms with E-state index in [9.17, 15) is 0 Å². The summed E-state index contributed by atoms with van der Waals surface area (Å²) in [6.07, 6.45) is 0. The van der Waals surface area contributed by atoms with Gasteiger partial charge in [-0.15, -0.1) is 5.11 Å². The molecule has 0 saturated carbocycles. The average molecular weight is 197 g/mol. The van der Waals surface area contributed by atoms with Crippen molar-refractivity contribution in [3.8, 4) is 11.1 Å². The highest BCUT2D eigenvalue weighted by Gasteiger charge is 1.97. The van der Waals surface area contributed by atoms with Gasteiger partial charge in [0.2, 0.25) is 0 Å². The van der Waals surface area contributed by atoms with E-state index in [1.807, 2.05) is 42.5 Å². The molecule has 2 N–H and O–H groups in total. The molecular weight excluding hydrogens is 186 g/mol. The lowest BCUT2D eigenvalue weighted by molar-refractivity contribution is 1.06. The van der Waals surface area contributed by atoms with Crippen LogP contribution < -0.4 is 5.84 Å². The second kappa shape index (κ2) is 4.37. The minimum absolute atomic E-state index is 0.763. The summed E-state index contributed by atoms with van der Waals surface area (Å²) in [5.74, 6) is 5.01. The van der Waals surface area contributed by atoms with Gasteiger partial charge in [0, 0.05) is 0 Å². The maximum atomic E-state index is 5.01. The van der Waals surface area contributed by atoms with E-state index in [4.69, 9.17) is 5.84 Å². The Balaban J connectivity index is 2.41. The van der Waals surface area contributed by atoms with E-state index in [-0.39, 0.29) is 0 Å². The normalized spacial score (nSPS) is 10.7. The molecule has 3 nitrogen and oxygen atoms in total. The summed E-state index contributed by atoms with van der Waals surface area (Å²) in [5, 5.41) is 7.06. The molecular formula is C12H11N3. The summed E-state index contributed by atoms with van der Waals surface area (Å²) in [4.78, 5) is 0. The van der Waals surface area contributed by atoms with Gasteiger partial charge in [-0.1, -0.05) is 47.7 Å². The van der Waals surface area contributed by atoms with Crippen LogP contribution in [0, 0.1) is 0 Å². The highest BCUT2D eigenvalue weighted by atomic mass is 15.3. The third-order valence-electron chi connectivity index (χ3n) is 2.13. The van der Waals surface area contributed by atoms with Crippen molar-refractivity contribution in [2.24, 2.45) is 16.2 Å². The third-order valence-corrected chi connectivity index (χ3v) is 2.13. The van der Waals surface area contributed by atoms with Gasteiger partial charge >= 0.3 is 0 Å². The molecule has 2 aromatic carbocycles. The smallest absolute Gasteiger partial charge is 0.0880 e. The van der Waals surface area contributed by atoms with Crippen LogP contribution in [0.1, 0.15) is 0 Å².